The highest BCUT2D eigenvalue weighted by molar-refractivity contribution is 5.67. The van der Waals surface area contributed by atoms with Gasteiger partial charge in [0.2, 0.25) is 0 Å². The summed E-state index contributed by atoms with van der Waals surface area (Å²) in [7, 11) is 0. The molecule has 0 aliphatic carbocycles. The van der Waals surface area contributed by atoms with E-state index in [1.807, 2.05) is 6.92 Å². The van der Waals surface area contributed by atoms with Crippen LogP contribution in [0.1, 0.15) is 67.2 Å². The fourth-order valence-electron chi connectivity index (χ4n) is 2.28. The van der Waals surface area contributed by atoms with Crippen molar-refractivity contribution in [2.75, 3.05) is 26.2 Å². The van der Waals surface area contributed by atoms with E-state index in [0.29, 0.717) is 6.42 Å². The predicted octanol–water partition coefficient (Wildman–Crippen LogP) is 2.84. The summed E-state index contributed by atoms with van der Waals surface area (Å²) in [5, 5.41) is 10.3. The SMILES string of the molecule is CCCCC(CC)C(=O)[O-].CC[N+](CC)(CC)CC. The average Bonchev–Trinajstić information content (AvgIpc) is 2.43. The zero-order valence-corrected chi connectivity index (χ0v) is 14.0. The quantitative estimate of drug-likeness (QED) is 0.606. The van der Waals surface area contributed by atoms with Gasteiger partial charge in [-0.1, -0.05) is 26.7 Å². The van der Waals surface area contributed by atoms with Crippen molar-refractivity contribution in [3.8, 4) is 0 Å². The van der Waals surface area contributed by atoms with Crippen LogP contribution in [-0.4, -0.2) is 36.6 Å². The summed E-state index contributed by atoms with van der Waals surface area (Å²) in [6.07, 6.45) is 3.52. The van der Waals surface area contributed by atoms with Crippen LogP contribution in [0.25, 0.3) is 0 Å². The summed E-state index contributed by atoms with van der Waals surface area (Å²) in [4.78, 5) is 10.3. The smallest absolute Gasteiger partial charge is 0.0757 e. The molecule has 0 amide bonds. The first-order chi connectivity index (χ1) is 8.96. The third kappa shape index (κ3) is 9.04. The lowest BCUT2D eigenvalue weighted by molar-refractivity contribution is -0.921. The van der Waals surface area contributed by atoms with Crippen LogP contribution < -0.4 is 5.11 Å². The van der Waals surface area contributed by atoms with Gasteiger partial charge in [-0.25, -0.2) is 0 Å². The zero-order valence-electron chi connectivity index (χ0n) is 14.0. The van der Waals surface area contributed by atoms with Crippen molar-refractivity contribution in [3.63, 3.8) is 0 Å². The lowest BCUT2D eigenvalue weighted by Crippen LogP contribution is -2.47. The van der Waals surface area contributed by atoms with Crippen molar-refractivity contribution < 1.29 is 14.4 Å². The van der Waals surface area contributed by atoms with Crippen LogP contribution in [0, 0.1) is 5.92 Å². The average molecular weight is 273 g/mol. The van der Waals surface area contributed by atoms with Crippen LogP contribution in [0.5, 0.6) is 0 Å². The molecule has 0 aromatic rings. The number of rotatable bonds is 9. The molecule has 19 heavy (non-hydrogen) atoms. The highest BCUT2D eigenvalue weighted by Crippen LogP contribution is 2.10. The van der Waals surface area contributed by atoms with E-state index < -0.39 is 5.97 Å². The second-order valence-corrected chi connectivity index (χ2v) is 5.17. The van der Waals surface area contributed by atoms with Gasteiger partial charge in [-0.2, -0.15) is 0 Å². The summed E-state index contributed by atoms with van der Waals surface area (Å²) in [5.74, 6) is -1.11. The monoisotopic (exact) mass is 273 g/mol. The minimum atomic E-state index is -0.893. The summed E-state index contributed by atoms with van der Waals surface area (Å²) in [6, 6.07) is 0. The Hall–Kier alpha value is -0.570. The van der Waals surface area contributed by atoms with Crippen LogP contribution in [0.15, 0.2) is 0 Å². The largest absolute Gasteiger partial charge is 0.550 e. The molecule has 0 radical (unpaired) electrons. The second kappa shape index (κ2) is 12.5. The van der Waals surface area contributed by atoms with Gasteiger partial charge in [-0.15, -0.1) is 0 Å². The first-order valence-corrected chi connectivity index (χ1v) is 8.02. The number of quaternary nitrogens is 1. The molecule has 0 heterocycles. The number of hydrogen-bond acceptors (Lipinski definition) is 2. The molecule has 0 saturated carbocycles. The summed E-state index contributed by atoms with van der Waals surface area (Å²) in [6.45, 7) is 18.2. The Balaban J connectivity index is 0. The Morgan fingerprint density at radius 1 is 0.947 bits per heavy atom. The van der Waals surface area contributed by atoms with Gasteiger partial charge in [-0.05, 0) is 46.5 Å². The Morgan fingerprint density at radius 2 is 1.37 bits per heavy atom. The lowest BCUT2D eigenvalue weighted by Gasteiger charge is -2.34. The standard InChI is InChI=1S/C8H20N.C8H16O2/c1-5-9(6-2,7-3)8-4;1-3-5-6-7(4-2)8(9)10/h5-8H2,1-4H3;7H,3-6H2,1-2H3,(H,9,10)/q+1;/p-1. The Kier molecular flexibility index (Phi) is 13.6. The molecule has 0 rings (SSSR count). The number of nitrogens with zero attached hydrogens (tertiary/aromatic N) is 1. The van der Waals surface area contributed by atoms with Crippen LogP contribution in [-0.2, 0) is 4.79 Å². The number of hydrogen-bond donors (Lipinski definition) is 0. The number of unbranched alkanes of at least 4 members (excludes halogenated alkanes) is 1. The van der Waals surface area contributed by atoms with Gasteiger partial charge in [0.05, 0.1) is 26.2 Å². The van der Waals surface area contributed by atoms with E-state index in [4.69, 9.17) is 0 Å². The van der Waals surface area contributed by atoms with Gasteiger partial charge in [0, 0.05) is 5.97 Å². The van der Waals surface area contributed by atoms with Crippen molar-refractivity contribution in [1.82, 2.24) is 0 Å². The van der Waals surface area contributed by atoms with Crippen molar-refractivity contribution in [1.29, 1.82) is 0 Å². The fourth-order valence-corrected chi connectivity index (χ4v) is 2.28. The first-order valence-electron chi connectivity index (χ1n) is 8.02. The fraction of sp³-hybridized carbons (Fsp3) is 0.938. The number of carboxylic acids is 1. The molecule has 0 bridgehead atoms. The molecule has 0 aliphatic heterocycles. The van der Waals surface area contributed by atoms with E-state index >= 15 is 0 Å². The number of carbonyl (C=O) groups is 1. The second-order valence-electron chi connectivity index (χ2n) is 5.17. The van der Waals surface area contributed by atoms with E-state index in [1.165, 1.54) is 30.7 Å². The topological polar surface area (TPSA) is 40.1 Å². The Labute approximate surface area is 120 Å². The van der Waals surface area contributed by atoms with E-state index in [1.54, 1.807) is 0 Å². The third-order valence-corrected chi connectivity index (χ3v) is 4.42. The molecule has 0 fully saturated rings. The van der Waals surface area contributed by atoms with Crippen LogP contribution in [0.3, 0.4) is 0 Å². The minimum Gasteiger partial charge on any atom is -0.550 e. The van der Waals surface area contributed by atoms with E-state index in [0.717, 1.165) is 19.3 Å². The van der Waals surface area contributed by atoms with Crippen molar-refractivity contribution in [2.45, 2.75) is 67.2 Å². The van der Waals surface area contributed by atoms with Crippen LogP contribution in [0.2, 0.25) is 0 Å². The van der Waals surface area contributed by atoms with Crippen molar-refractivity contribution in [2.24, 2.45) is 5.92 Å². The Bertz CT molecular complexity index is 195. The molecule has 0 spiro atoms. The molecule has 3 nitrogen and oxygen atoms in total. The van der Waals surface area contributed by atoms with E-state index in [2.05, 4.69) is 34.6 Å². The molecular formula is C16H35NO2. The maximum absolute atomic E-state index is 10.3. The Morgan fingerprint density at radius 3 is 1.53 bits per heavy atom. The minimum absolute atomic E-state index is 0.222. The van der Waals surface area contributed by atoms with Crippen molar-refractivity contribution in [3.05, 3.63) is 0 Å². The van der Waals surface area contributed by atoms with Crippen LogP contribution >= 0.6 is 0 Å². The maximum atomic E-state index is 10.3. The predicted molar refractivity (Wildman–Crippen MR) is 80.7 cm³/mol. The van der Waals surface area contributed by atoms with Crippen LogP contribution in [0.4, 0.5) is 0 Å². The molecule has 116 valence electrons. The summed E-state index contributed by atoms with van der Waals surface area (Å²) >= 11 is 0. The van der Waals surface area contributed by atoms with Gasteiger partial charge in [0.15, 0.2) is 0 Å². The summed E-state index contributed by atoms with van der Waals surface area (Å²) in [5.41, 5.74) is 0. The van der Waals surface area contributed by atoms with Gasteiger partial charge in [-0.3, -0.25) is 0 Å². The first kappa shape index (κ1) is 20.7. The zero-order chi connectivity index (χ0) is 15.3. The molecule has 1 atom stereocenters. The van der Waals surface area contributed by atoms with Crippen molar-refractivity contribution >= 4 is 5.97 Å². The highest BCUT2D eigenvalue weighted by atomic mass is 16.4. The third-order valence-electron chi connectivity index (χ3n) is 4.42. The molecule has 0 saturated heterocycles. The molecule has 0 N–H and O–H groups in total. The lowest BCUT2D eigenvalue weighted by atomic mass is 10.00. The molecule has 3 heteroatoms. The normalized spacial score (nSPS) is 12.5. The van der Waals surface area contributed by atoms with Gasteiger partial charge in [0.1, 0.15) is 0 Å². The van der Waals surface area contributed by atoms with E-state index in [-0.39, 0.29) is 5.92 Å². The number of carbonyl (C=O) groups excluding carboxylic acids is 1. The number of carboxylic acid groups (broad SMARTS) is 1. The van der Waals surface area contributed by atoms with Gasteiger partial charge < -0.3 is 14.4 Å². The molecular weight excluding hydrogens is 238 g/mol. The van der Waals surface area contributed by atoms with Gasteiger partial charge in [0.25, 0.3) is 0 Å². The molecule has 0 aromatic heterocycles. The maximum Gasteiger partial charge on any atom is 0.0757 e. The molecule has 0 aromatic carbocycles. The van der Waals surface area contributed by atoms with E-state index in [9.17, 15) is 9.90 Å². The molecule has 1 unspecified atom stereocenters. The molecule has 0 aliphatic rings. The number of aliphatic carboxylic acids is 1. The van der Waals surface area contributed by atoms with Gasteiger partial charge >= 0.3 is 0 Å². The highest BCUT2D eigenvalue weighted by Gasteiger charge is 2.16. The summed E-state index contributed by atoms with van der Waals surface area (Å²) < 4.78 is 1.28.